The number of Topliss-reactive ketones (excluding diaryl/α,β-unsaturated/α-hetero) is 1. The topological polar surface area (TPSA) is 64.6 Å². The van der Waals surface area contributed by atoms with Crippen LogP contribution in [0.1, 0.15) is 13.3 Å². The molecule has 0 saturated carbocycles. The van der Waals surface area contributed by atoms with E-state index in [0.717, 1.165) is 0 Å². The molecule has 1 atom stereocenters. The van der Waals surface area contributed by atoms with Crippen molar-refractivity contribution in [3.63, 3.8) is 0 Å². The Labute approximate surface area is 118 Å². The molecule has 0 spiro atoms. The van der Waals surface area contributed by atoms with Crippen LogP contribution in [0, 0.1) is 5.92 Å². The molecule has 0 aliphatic rings. The van der Waals surface area contributed by atoms with Gasteiger partial charge in [0.15, 0.2) is 0 Å². The van der Waals surface area contributed by atoms with Crippen LogP contribution >= 0.6 is 0 Å². The smallest absolute Gasteiger partial charge is 0.235 e. The minimum Gasteiger partial charge on any atom is -0.497 e. The van der Waals surface area contributed by atoms with Crippen LogP contribution in [-0.4, -0.2) is 25.9 Å². The number of benzene rings is 1. The molecule has 1 aromatic carbocycles. The molecule has 1 unspecified atom stereocenters. The molecule has 0 aliphatic heterocycles. The highest BCUT2D eigenvalue weighted by Gasteiger charge is 2.22. The van der Waals surface area contributed by atoms with E-state index < -0.39 is 5.92 Å². The molecule has 0 saturated heterocycles. The Kier molecular flexibility index (Phi) is 5.77. The predicted octanol–water partition coefficient (Wildman–Crippen LogP) is 2.42. The SMILES string of the molecule is C=CCC(C(C)=O)C(=O)Nc1cc(OC)ccc1OC. The van der Waals surface area contributed by atoms with Crippen molar-refractivity contribution in [1.82, 2.24) is 0 Å². The van der Waals surface area contributed by atoms with Gasteiger partial charge < -0.3 is 14.8 Å². The maximum absolute atomic E-state index is 12.1. The molecule has 0 bridgehead atoms. The monoisotopic (exact) mass is 277 g/mol. The van der Waals surface area contributed by atoms with Crippen molar-refractivity contribution in [3.8, 4) is 11.5 Å². The largest absolute Gasteiger partial charge is 0.497 e. The van der Waals surface area contributed by atoms with Crippen LogP contribution in [0.3, 0.4) is 0 Å². The van der Waals surface area contributed by atoms with Crippen molar-refractivity contribution >= 4 is 17.4 Å². The van der Waals surface area contributed by atoms with Crippen LogP contribution < -0.4 is 14.8 Å². The summed E-state index contributed by atoms with van der Waals surface area (Å²) in [5, 5.41) is 2.69. The van der Waals surface area contributed by atoms with Crippen LogP contribution in [0.15, 0.2) is 30.9 Å². The average Bonchev–Trinajstić information content (AvgIpc) is 2.44. The Morgan fingerprint density at radius 1 is 1.35 bits per heavy atom. The summed E-state index contributed by atoms with van der Waals surface area (Å²) >= 11 is 0. The summed E-state index contributed by atoms with van der Waals surface area (Å²) in [7, 11) is 3.03. The number of carbonyl (C=O) groups excluding carboxylic acids is 2. The standard InChI is InChI=1S/C15H19NO4/c1-5-6-12(10(2)17)15(18)16-13-9-11(19-3)7-8-14(13)20-4/h5,7-9,12H,1,6H2,2-4H3,(H,16,18). The lowest BCUT2D eigenvalue weighted by molar-refractivity contribution is -0.129. The van der Waals surface area contributed by atoms with Gasteiger partial charge in [-0.15, -0.1) is 6.58 Å². The Hall–Kier alpha value is -2.30. The number of nitrogens with one attached hydrogen (secondary N) is 1. The second-order valence-corrected chi connectivity index (χ2v) is 4.24. The van der Waals surface area contributed by atoms with Crippen molar-refractivity contribution in [2.75, 3.05) is 19.5 Å². The highest BCUT2D eigenvalue weighted by molar-refractivity contribution is 6.07. The highest BCUT2D eigenvalue weighted by Crippen LogP contribution is 2.29. The summed E-state index contributed by atoms with van der Waals surface area (Å²) in [6, 6.07) is 5.05. The summed E-state index contributed by atoms with van der Waals surface area (Å²) < 4.78 is 10.3. The van der Waals surface area contributed by atoms with Crippen LogP contribution in [-0.2, 0) is 9.59 Å². The van der Waals surface area contributed by atoms with E-state index in [0.29, 0.717) is 23.6 Å². The first-order valence-electron chi connectivity index (χ1n) is 6.17. The summed E-state index contributed by atoms with van der Waals surface area (Å²) in [5.41, 5.74) is 0.465. The van der Waals surface area contributed by atoms with Gasteiger partial charge in [0.2, 0.25) is 5.91 Å². The fourth-order valence-electron chi connectivity index (χ4n) is 1.76. The number of carbonyl (C=O) groups is 2. The molecule has 5 heteroatoms. The normalized spacial score (nSPS) is 11.3. The lowest BCUT2D eigenvalue weighted by Crippen LogP contribution is -2.28. The minimum atomic E-state index is -0.747. The first-order valence-corrected chi connectivity index (χ1v) is 6.17. The quantitative estimate of drug-likeness (QED) is 0.614. The number of allylic oxidation sites excluding steroid dienone is 1. The Bertz CT molecular complexity index is 511. The van der Waals surface area contributed by atoms with E-state index in [4.69, 9.17) is 9.47 Å². The molecule has 0 fully saturated rings. The van der Waals surface area contributed by atoms with Crippen molar-refractivity contribution in [1.29, 1.82) is 0 Å². The van der Waals surface area contributed by atoms with E-state index in [1.807, 2.05) is 0 Å². The van der Waals surface area contributed by atoms with E-state index in [2.05, 4.69) is 11.9 Å². The first kappa shape index (κ1) is 15.8. The van der Waals surface area contributed by atoms with E-state index in [9.17, 15) is 9.59 Å². The Morgan fingerprint density at radius 3 is 2.55 bits per heavy atom. The lowest BCUT2D eigenvalue weighted by atomic mass is 10.00. The minimum absolute atomic E-state index is 0.204. The Morgan fingerprint density at radius 2 is 2.05 bits per heavy atom. The highest BCUT2D eigenvalue weighted by atomic mass is 16.5. The molecular weight excluding hydrogens is 258 g/mol. The third-order valence-electron chi connectivity index (χ3n) is 2.87. The fraction of sp³-hybridized carbons (Fsp3) is 0.333. The average molecular weight is 277 g/mol. The van der Waals surface area contributed by atoms with Crippen molar-refractivity contribution in [2.24, 2.45) is 5.92 Å². The number of hydrogen-bond acceptors (Lipinski definition) is 4. The van der Waals surface area contributed by atoms with Crippen molar-refractivity contribution in [2.45, 2.75) is 13.3 Å². The van der Waals surface area contributed by atoms with E-state index in [1.54, 1.807) is 24.3 Å². The number of rotatable bonds is 7. The van der Waals surface area contributed by atoms with Crippen LogP contribution in [0.2, 0.25) is 0 Å². The molecule has 1 N–H and O–H groups in total. The number of methoxy groups -OCH3 is 2. The maximum atomic E-state index is 12.1. The molecule has 0 radical (unpaired) electrons. The number of amides is 1. The van der Waals surface area contributed by atoms with Gasteiger partial charge in [0.05, 0.1) is 25.8 Å². The van der Waals surface area contributed by atoms with Gasteiger partial charge in [-0.05, 0) is 25.5 Å². The summed E-state index contributed by atoms with van der Waals surface area (Å²) in [6.45, 7) is 4.94. The van der Waals surface area contributed by atoms with Gasteiger partial charge >= 0.3 is 0 Å². The van der Waals surface area contributed by atoms with Crippen molar-refractivity contribution in [3.05, 3.63) is 30.9 Å². The van der Waals surface area contributed by atoms with Gasteiger partial charge in [0.1, 0.15) is 17.3 Å². The van der Waals surface area contributed by atoms with Gasteiger partial charge in [-0.2, -0.15) is 0 Å². The molecule has 108 valence electrons. The van der Waals surface area contributed by atoms with Gasteiger partial charge in [0, 0.05) is 6.07 Å². The third-order valence-corrected chi connectivity index (χ3v) is 2.87. The molecular formula is C15H19NO4. The number of ether oxygens (including phenoxy) is 2. The van der Waals surface area contributed by atoms with Gasteiger partial charge in [-0.25, -0.2) is 0 Å². The van der Waals surface area contributed by atoms with E-state index in [1.165, 1.54) is 21.1 Å². The second kappa shape index (κ2) is 7.33. The number of ketones is 1. The van der Waals surface area contributed by atoms with Gasteiger partial charge in [0.25, 0.3) is 0 Å². The third kappa shape index (κ3) is 3.85. The second-order valence-electron chi connectivity index (χ2n) is 4.24. The number of hydrogen-bond donors (Lipinski definition) is 1. The molecule has 20 heavy (non-hydrogen) atoms. The first-order chi connectivity index (χ1) is 9.53. The molecule has 0 heterocycles. The zero-order chi connectivity index (χ0) is 15.1. The zero-order valence-corrected chi connectivity index (χ0v) is 11.9. The maximum Gasteiger partial charge on any atom is 0.235 e. The molecule has 1 rings (SSSR count). The lowest BCUT2D eigenvalue weighted by Gasteiger charge is -2.15. The molecule has 1 aromatic rings. The van der Waals surface area contributed by atoms with E-state index >= 15 is 0 Å². The predicted molar refractivity (Wildman–Crippen MR) is 77.2 cm³/mol. The molecule has 0 aliphatic carbocycles. The van der Waals surface area contributed by atoms with Crippen molar-refractivity contribution < 1.29 is 19.1 Å². The Balaban J connectivity index is 2.98. The summed E-state index contributed by atoms with van der Waals surface area (Å²) in [5.74, 6) is -0.249. The zero-order valence-electron chi connectivity index (χ0n) is 11.9. The van der Waals surface area contributed by atoms with Crippen LogP contribution in [0.5, 0.6) is 11.5 Å². The number of anilines is 1. The van der Waals surface area contributed by atoms with Gasteiger partial charge in [-0.1, -0.05) is 6.08 Å². The van der Waals surface area contributed by atoms with Gasteiger partial charge in [-0.3, -0.25) is 9.59 Å². The summed E-state index contributed by atoms with van der Waals surface area (Å²) in [6.07, 6.45) is 1.85. The van der Waals surface area contributed by atoms with Crippen LogP contribution in [0.4, 0.5) is 5.69 Å². The fourth-order valence-corrected chi connectivity index (χ4v) is 1.76. The van der Waals surface area contributed by atoms with E-state index in [-0.39, 0.29) is 11.7 Å². The molecule has 5 nitrogen and oxygen atoms in total. The van der Waals surface area contributed by atoms with Crippen LogP contribution in [0.25, 0.3) is 0 Å². The molecule has 1 amide bonds. The summed E-state index contributed by atoms with van der Waals surface area (Å²) in [4.78, 5) is 23.6. The molecule has 0 aromatic heterocycles.